The van der Waals surface area contributed by atoms with Crippen LogP contribution < -0.4 is 10.6 Å². The Hall–Kier alpha value is -2.04. The highest BCUT2D eigenvalue weighted by atomic mass is 16.2. The summed E-state index contributed by atoms with van der Waals surface area (Å²) in [6, 6.07) is 8.36. The second-order valence-electron chi connectivity index (χ2n) is 5.60. The van der Waals surface area contributed by atoms with Gasteiger partial charge in [-0.2, -0.15) is 0 Å². The third-order valence-electron chi connectivity index (χ3n) is 3.40. The second kappa shape index (κ2) is 9.07. The van der Waals surface area contributed by atoms with Crippen LogP contribution in [0.15, 0.2) is 30.3 Å². The lowest BCUT2D eigenvalue weighted by Gasteiger charge is -2.26. The van der Waals surface area contributed by atoms with Crippen molar-refractivity contribution in [3.8, 4) is 0 Å². The predicted molar refractivity (Wildman–Crippen MR) is 88.5 cm³/mol. The Balaban J connectivity index is 2.88. The third kappa shape index (κ3) is 5.39. The van der Waals surface area contributed by atoms with Crippen LogP contribution in [0, 0.1) is 5.92 Å². The Labute approximate surface area is 133 Å². The molecule has 0 heterocycles. The molecule has 1 aromatic carbocycles. The van der Waals surface area contributed by atoms with E-state index in [2.05, 4.69) is 10.6 Å². The number of hydrogen-bond acceptors (Lipinski definition) is 2. The first-order valence-electron chi connectivity index (χ1n) is 7.87. The molecule has 1 aromatic rings. The van der Waals surface area contributed by atoms with Gasteiger partial charge in [-0.05, 0) is 25.3 Å². The number of urea groups is 1. The zero-order valence-corrected chi connectivity index (χ0v) is 13.9. The molecule has 3 amide bonds. The number of carbonyl (C=O) groups excluding carboxylic acids is 2. The maximum atomic E-state index is 12.7. The van der Waals surface area contributed by atoms with Crippen LogP contribution >= 0.6 is 0 Å². The molecule has 0 aliphatic carbocycles. The van der Waals surface area contributed by atoms with E-state index in [1.165, 1.54) is 0 Å². The molecule has 0 spiro atoms. The molecule has 0 aliphatic rings. The van der Waals surface area contributed by atoms with Gasteiger partial charge in [0.1, 0.15) is 6.04 Å². The fourth-order valence-corrected chi connectivity index (χ4v) is 2.13. The standard InChI is InChI=1S/C17H27N3O2/c1-5-20(6-2)16(21)15(14-10-8-7-9-11-14)19-17(22)18-12-13(3)4/h7-11,13,15H,5-6,12H2,1-4H3,(H2,18,19,22). The topological polar surface area (TPSA) is 61.4 Å². The van der Waals surface area contributed by atoms with Crippen molar-refractivity contribution in [2.24, 2.45) is 5.92 Å². The molecule has 1 unspecified atom stereocenters. The molecule has 1 rings (SSSR count). The van der Waals surface area contributed by atoms with Gasteiger partial charge in [-0.3, -0.25) is 4.79 Å². The Kier molecular flexibility index (Phi) is 7.43. The predicted octanol–water partition coefficient (Wildman–Crippen LogP) is 2.55. The van der Waals surface area contributed by atoms with Gasteiger partial charge in [-0.25, -0.2) is 4.79 Å². The minimum atomic E-state index is -0.659. The second-order valence-corrected chi connectivity index (χ2v) is 5.60. The van der Waals surface area contributed by atoms with Crippen molar-refractivity contribution < 1.29 is 9.59 Å². The van der Waals surface area contributed by atoms with Crippen LogP contribution in [0.3, 0.4) is 0 Å². The van der Waals surface area contributed by atoms with Crippen LogP contribution in [0.1, 0.15) is 39.3 Å². The molecule has 0 fully saturated rings. The zero-order chi connectivity index (χ0) is 16.5. The number of amides is 3. The fourth-order valence-electron chi connectivity index (χ4n) is 2.13. The lowest BCUT2D eigenvalue weighted by molar-refractivity contribution is -0.133. The summed E-state index contributed by atoms with van der Waals surface area (Å²) in [6.45, 7) is 9.73. The highest BCUT2D eigenvalue weighted by molar-refractivity contribution is 5.88. The molecule has 0 radical (unpaired) electrons. The van der Waals surface area contributed by atoms with Crippen molar-refractivity contribution in [2.75, 3.05) is 19.6 Å². The lowest BCUT2D eigenvalue weighted by atomic mass is 10.1. The summed E-state index contributed by atoms with van der Waals surface area (Å²) in [7, 11) is 0. The Morgan fingerprint density at radius 3 is 2.18 bits per heavy atom. The molecule has 1 atom stereocenters. The molecule has 0 bridgehead atoms. The lowest BCUT2D eigenvalue weighted by Crippen LogP contribution is -2.46. The van der Waals surface area contributed by atoms with Crippen molar-refractivity contribution in [1.82, 2.24) is 15.5 Å². The summed E-state index contributed by atoms with van der Waals surface area (Å²) >= 11 is 0. The van der Waals surface area contributed by atoms with Gasteiger partial charge < -0.3 is 15.5 Å². The van der Waals surface area contributed by atoms with Crippen LogP contribution in [0.5, 0.6) is 0 Å². The average Bonchev–Trinajstić information content (AvgIpc) is 2.52. The minimum absolute atomic E-state index is 0.0871. The molecule has 5 heteroatoms. The molecule has 2 N–H and O–H groups in total. The normalized spacial score (nSPS) is 11.9. The SMILES string of the molecule is CCN(CC)C(=O)C(NC(=O)NCC(C)C)c1ccccc1. The van der Waals surface area contributed by atoms with E-state index in [1.54, 1.807) is 4.90 Å². The number of rotatable bonds is 7. The van der Waals surface area contributed by atoms with E-state index in [0.717, 1.165) is 5.56 Å². The van der Waals surface area contributed by atoms with Gasteiger partial charge in [0.05, 0.1) is 0 Å². The molecule has 0 aromatic heterocycles. The Morgan fingerprint density at radius 1 is 1.09 bits per heavy atom. The number of carbonyl (C=O) groups is 2. The van der Waals surface area contributed by atoms with E-state index in [4.69, 9.17) is 0 Å². The van der Waals surface area contributed by atoms with E-state index in [0.29, 0.717) is 25.6 Å². The summed E-state index contributed by atoms with van der Waals surface area (Å²) in [5.41, 5.74) is 0.791. The van der Waals surface area contributed by atoms with Crippen LogP contribution in [0.2, 0.25) is 0 Å². The van der Waals surface area contributed by atoms with Gasteiger partial charge in [0.15, 0.2) is 0 Å². The Bertz CT molecular complexity index is 470. The first kappa shape index (κ1) is 18.0. The number of benzene rings is 1. The van der Waals surface area contributed by atoms with E-state index < -0.39 is 6.04 Å². The minimum Gasteiger partial charge on any atom is -0.341 e. The number of likely N-dealkylation sites (N-methyl/N-ethyl adjacent to an activating group) is 1. The van der Waals surface area contributed by atoms with E-state index in [-0.39, 0.29) is 11.9 Å². The van der Waals surface area contributed by atoms with E-state index >= 15 is 0 Å². The third-order valence-corrected chi connectivity index (χ3v) is 3.40. The van der Waals surface area contributed by atoms with Crippen LogP contribution in [0.4, 0.5) is 4.79 Å². The summed E-state index contributed by atoms with van der Waals surface area (Å²) in [5, 5.41) is 5.59. The zero-order valence-electron chi connectivity index (χ0n) is 13.9. The number of nitrogens with zero attached hydrogens (tertiary/aromatic N) is 1. The highest BCUT2D eigenvalue weighted by Crippen LogP contribution is 2.15. The maximum absolute atomic E-state index is 12.7. The quantitative estimate of drug-likeness (QED) is 0.813. The Morgan fingerprint density at radius 2 is 1.68 bits per heavy atom. The highest BCUT2D eigenvalue weighted by Gasteiger charge is 2.25. The number of hydrogen-bond donors (Lipinski definition) is 2. The van der Waals surface area contributed by atoms with Crippen LogP contribution in [-0.4, -0.2) is 36.5 Å². The van der Waals surface area contributed by atoms with Gasteiger partial charge in [-0.1, -0.05) is 44.2 Å². The first-order chi connectivity index (χ1) is 10.5. The van der Waals surface area contributed by atoms with Gasteiger partial charge in [-0.15, -0.1) is 0 Å². The van der Waals surface area contributed by atoms with Crippen molar-refractivity contribution in [1.29, 1.82) is 0 Å². The molecule has 5 nitrogen and oxygen atoms in total. The van der Waals surface area contributed by atoms with Gasteiger partial charge in [0.25, 0.3) is 0 Å². The van der Waals surface area contributed by atoms with Crippen molar-refractivity contribution in [3.63, 3.8) is 0 Å². The van der Waals surface area contributed by atoms with E-state index in [1.807, 2.05) is 58.0 Å². The number of nitrogens with one attached hydrogen (secondary N) is 2. The summed E-state index contributed by atoms with van der Waals surface area (Å²) < 4.78 is 0. The smallest absolute Gasteiger partial charge is 0.315 e. The fraction of sp³-hybridized carbons (Fsp3) is 0.529. The first-order valence-corrected chi connectivity index (χ1v) is 7.87. The summed E-state index contributed by atoms with van der Waals surface area (Å²) in [5.74, 6) is 0.273. The van der Waals surface area contributed by atoms with Gasteiger partial charge >= 0.3 is 6.03 Å². The maximum Gasteiger partial charge on any atom is 0.315 e. The summed E-state index contributed by atoms with van der Waals surface area (Å²) in [6.07, 6.45) is 0. The summed E-state index contributed by atoms with van der Waals surface area (Å²) in [4.78, 5) is 26.4. The van der Waals surface area contributed by atoms with Crippen molar-refractivity contribution in [2.45, 2.75) is 33.7 Å². The molecule has 122 valence electrons. The molecular formula is C17H27N3O2. The van der Waals surface area contributed by atoms with Crippen molar-refractivity contribution in [3.05, 3.63) is 35.9 Å². The molecule has 0 saturated carbocycles. The molecule has 22 heavy (non-hydrogen) atoms. The molecule has 0 aliphatic heterocycles. The molecular weight excluding hydrogens is 278 g/mol. The van der Waals surface area contributed by atoms with Gasteiger partial charge in [0.2, 0.25) is 5.91 Å². The largest absolute Gasteiger partial charge is 0.341 e. The van der Waals surface area contributed by atoms with Crippen LogP contribution in [0.25, 0.3) is 0 Å². The van der Waals surface area contributed by atoms with Crippen molar-refractivity contribution >= 4 is 11.9 Å². The van der Waals surface area contributed by atoms with Crippen LogP contribution in [-0.2, 0) is 4.79 Å². The average molecular weight is 305 g/mol. The van der Waals surface area contributed by atoms with E-state index in [9.17, 15) is 9.59 Å². The molecule has 0 saturated heterocycles. The monoisotopic (exact) mass is 305 g/mol. The van der Waals surface area contributed by atoms with Gasteiger partial charge in [0, 0.05) is 19.6 Å².